The Bertz CT molecular complexity index is 780. The van der Waals surface area contributed by atoms with Gasteiger partial charge in [-0.3, -0.25) is 9.69 Å². The molecule has 4 aliphatic rings. The summed E-state index contributed by atoms with van der Waals surface area (Å²) in [6, 6.07) is 9.64. The highest BCUT2D eigenvalue weighted by molar-refractivity contribution is 5.78. The van der Waals surface area contributed by atoms with Gasteiger partial charge < -0.3 is 9.64 Å². The Morgan fingerprint density at radius 1 is 1.00 bits per heavy atom. The van der Waals surface area contributed by atoms with Crippen molar-refractivity contribution >= 4 is 5.91 Å². The normalized spacial score (nSPS) is 25.0. The van der Waals surface area contributed by atoms with Crippen molar-refractivity contribution in [3.05, 3.63) is 47.0 Å². The van der Waals surface area contributed by atoms with Crippen LogP contribution >= 0.6 is 0 Å². The number of ether oxygens (including phenoxy) is 1. The van der Waals surface area contributed by atoms with E-state index in [9.17, 15) is 4.79 Å². The minimum atomic E-state index is 0.247. The maximum Gasteiger partial charge on any atom is 0.226 e. The first-order chi connectivity index (χ1) is 15.7. The van der Waals surface area contributed by atoms with Gasteiger partial charge in [0.1, 0.15) is 0 Å². The van der Waals surface area contributed by atoms with E-state index in [1.54, 1.807) is 11.1 Å². The first kappa shape index (κ1) is 22.2. The van der Waals surface area contributed by atoms with Crippen LogP contribution in [0.15, 0.2) is 35.9 Å². The number of nitrogens with zero attached hydrogens (tertiary/aromatic N) is 2. The fraction of sp³-hybridized carbons (Fsp3) is 0.679. The third kappa shape index (κ3) is 5.46. The smallest absolute Gasteiger partial charge is 0.226 e. The molecule has 1 amide bonds. The SMILES string of the molecule is O=C(CC1=CCCCC1)N(CC1CCN(C2Cc3ccccc3C2)CC1)C[C@H]1CCCO1. The van der Waals surface area contributed by atoms with Gasteiger partial charge in [0.05, 0.1) is 6.10 Å². The molecule has 0 spiro atoms. The second kappa shape index (κ2) is 10.5. The van der Waals surface area contributed by atoms with Crippen molar-refractivity contribution in [2.24, 2.45) is 5.92 Å². The standard InChI is InChI=1S/C28H40N2O2/c31-28(17-22-7-2-1-3-8-22)30(21-27-11-6-16-32-27)20-23-12-14-29(15-13-23)26-18-24-9-4-5-10-25(24)19-26/h4-5,7,9-10,23,26-27H,1-3,6,8,11-21H2/t27-/m1/s1. The molecule has 2 saturated heterocycles. The quantitative estimate of drug-likeness (QED) is 0.578. The van der Waals surface area contributed by atoms with Crippen LogP contribution in [0.3, 0.4) is 0 Å². The summed E-state index contributed by atoms with van der Waals surface area (Å²) >= 11 is 0. The van der Waals surface area contributed by atoms with Crippen molar-refractivity contribution in [3.63, 3.8) is 0 Å². The molecule has 0 saturated carbocycles. The molecule has 2 fully saturated rings. The molecule has 0 radical (unpaired) electrons. The number of fused-ring (bicyclic) bond motifs is 1. The Labute approximate surface area is 194 Å². The van der Waals surface area contributed by atoms with Gasteiger partial charge in [0.15, 0.2) is 0 Å². The molecule has 0 N–H and O–H groups in total. The number of allylic oxidation sites excluding steroid dienone is 1. The Kier molecular flexibility index (Phi) is 7.29. The molecule has 0 aromatic heterocycles. The van der Waals surface area contributed by atoms with Crippen LogP contribution in [0.1, 0.15) is 68.9 Å². The van der Waals surface area contributed by atoms with E-state index in [1.807, 2.05) is 0 Å². The van der Waals surface area contributed by atoms with Crippen molar-refractivity contribution < 1.29 is 9.53 Å². The van der Waals surface area contributed by atoms with Crippen molar-refractivity contribution in [2.45, 2.75) is 82.8 Å². The maximum absolute atomic E-state index is 13.3. The van der Waals surface area contributed by atoms with Crippen LogP contribution in [0.4, 0.5) is 0 Å². The molecule has 1 aromatic rings. The van der Waals surface area contributed by atoms with Crippen molar-refractivity contribution in [1.29, 1.82) is 0 Å². The van der Waals surface area contributed by atoms with E-state index in [4.69, 9.17) is 4.74 Å². The average molecular weight is 437 g/mol. The molecule has 4 heteroatoms. The molecule has 1 aromatic carbocycles. The highest BCUT2D eigenvalue weighted by Crippen LogP contribution is 2.30. The zero-order chi connectivity index (χ0) is 21.8. The highest BCUT2D eigenvalue weighted by Gasteiger charge is 2.32. The van der Waals surface area contributed by atoms with Crippen molar-refractivity contribution in [2.75, 3.05) is 32.8 Å². The summed E-state index contributed by atoms with van der Waals surface area (Å²) in [5, 5.41) is 0. The van der Waals surface area contributed by atoms with E-state index < -0.39 is 0 Å². The van der Waals surface area contributed by atoms with Crippen LogP contribution in [-0.4, -0.2) is 60.6 Å². The van der Waals surface area contributed by atoms with Gasteiger partial charge in [-0.05, 0) is 94.3 Å². The van der Waals surface area contributed by atoms with Gasteiger partial charge in [0, 0.05) is 32.2 Å². The number of carbonyl (C=O) groups excluding carboxylic acids is 1. The third-order valence-electron chi connectivity index (χ3n) is 8.24. The highest BCUT2D eigenvalue weighted by atomic mass is 16.5. The predicted molar refractivity (Wildman–Crippen MR) is 129 cm³/mol. The van der Waals surface area contributed by atoms with Gasteiger partial charge in [-0.15, -0.1) is 0 Å². The summed E-state index contributed by atoms with van der Waals surface area (Å²) in [5.41, 5.74) is 4.46. The first-order valence-electron chi connectivity index (χ1n) is 13.1. The van der Waals surface area contributed by atoms with Crippen molar-refractivity contribution in [3.8, 4) is 0 Å². The lowest BCUT2D eigenvalue weighted by atomic mass is 9.93. The molecule has 2 aliphatic carbocycles. The topological polar surface area (TPSA) is 32.8 Å². The minimum absolute atomic E-state index is 0.247. The van der Waals surface area contributed by atoms with E-state index >= 15 is 0 Å². The molecule has 5 rings (SSSR count). The molecule has 2 aliphatic heterocycles. The van der Waals surface area contributed by atoms with Gasteiger partial charge in [0.2, 0.25) is 5.91 Å². The van der Waals surface area contributed by atoms with Gasteiger partial charge in [-0.2, -0.15) is 0 Å². The monoisotopic (exact) mass is 436 g/mol. The number of amides is 1. The summed E-state index contributed by atoms with van der Waals surface area (Å²) in [5.74, 6) is 0.961. The zero-order valence-electron chi connectivity index (χ0n) is 19.6. The number of likely N-dealkylation sites (tertiary alicyclic amines) is 1. The Balaban J connectivity index is 1.15. The van der Waals surface area contributed by atoms with E-state index in [0.717, 1.165) is 45.4 Å². The molecular weight excluding hydrogens is 396 g/mol. The molecule has 0 bridgehead atoms. The van der Waals surface area contributed by atoms with Gasteiger partial charge in [0.25, 0.3) is 0 Å². The van der Waals surface area contributed by atoms with Crippen molar-refractivity contribution in [1.82, 2.24) is 9.80 Å². The van der Waals surface area contributed by atoms with Crippen LogP contribution < -0.4 is 0 Å². The molecule has 174 valence electrons. The van der Waals surface area contributed by atoms with Gasteiger partial charge >= 0.3 is 0 Å². The second-order valence-corrected chi connectivity index (χ2v) is 10.5. The minimum Gasteiger partial charge on any atom is -0.376 e. The van der Waals surface area contributed by atoms with Crippen LogP contribution in [0.5, 0.6) is 0 Å². The van der Waals surface area contributed by atoms with E-state index in [0.29, 0.717) is 24.3 Å². The summed E-state index contributed by atoms with van der Waals surface area (Å²) in [7, 11) is 0. The first-order valence-corrected chi connectivity index (χ1v) is 13.1. The van der Waals surface area contributed by atoms with E-state index in [1.165, 1.54) is 57.2 Å². The largest absolute Gasteiger partial charge is 0.376 e. The summed E-state index contributed by atoms with van der Waals surface area (Å²) in [4.78, 5) is 18.2. The molecular formula is C28H40N2O2. The summed E-state index contributed by atoms with van der Waals surface area (Å²) < 4.78 is 5.91. The number of rotatable bonds is 7. The van der Waals surface area contributed by atoms with Gasteiger partial charge in [-0.1, -0.05) is 35.9 Å². The molecule has 1 atom stereocenters. The Morgan fingerprint density at radius 3 is 2.44 bits per heavy atom. The third-order valence-corrected chi connectivity index (χ3v) is 8.24. The Hall–Kier alpha value is -1.65. The van der Waals surface area contributed by atoms with Crippen LogP contribution in [-0.2, 0) is 22.4 Å². The molecule has 0 unspecified atom stereocenters. The molecule has 32 heavy (non-hydrogen) atoms. The predicted octanol–water partition coefficient (Wildman–Crippen LogP) is 4.76. The molecule has 4 nitrogen and oxygen atoms in total. The number of piperidine rings is 1. The number of hydrogen-bond donors (Lipinski definition) is 0. The van der Waals surface area contributed by atoms with Gasteiger partial charge in [-0.25, -0.2) is 0 Å². The van der Waals surface area contributed by atoms with Crippen LogP contribution in [0, 0.1) is 5.92 Å². The van der Waals surface area contributed by atoms with Crippen LogP contribution in [0.25, 0.3) is 0 Å². The molecule has 2 heterocycles. The Morgan fingerprint density at radius 2 is 1.78 bits per heavy atom. The summed E-state index contributed by atoms with van der Waals surface area (Å²) in [6.07, 6.45) is 15.1. The maximum atomic E-state index is 13.3. The second-order valence-electron chi connectivity index (χ2n) is 10.5. The number of carbonyl (C=O) groups is 1. The zero-order valence-corrected chi connectivity index (χ0v) is 19.6. The lowest BCUT2D eigenvalue weighted by Gasteiger charge is -2.38. The van der Waals surface area contributed by atoms with Crippen LogP contribution in [0.2, 0.25) is 0 Å². The average Bonchev–Trinajstić information content (AvgIpc) is 3.49. The van der Waals surface area contributed by atoms with E-state index in [2.05, 4.69) is 40.1 Å². The number of hydrogen-bond acceptors (Lipinski definition) is 3. The summed E-state index contributed by atoms with van der Waals surface area (Å²) in [6.45, 7) is 4.93. The number of benzene rings is 1. The fourth-order valence-electron chi connectivity index (χ4n) is 6.29. The van der Waals surface area contributed by atoms with E-state index in [-0.39, 0.29) is 6.10 Å². The lowest BCUT2D eigenvalue weighted by molar-refractivity contribution is -0.133. The fourth-order valence-corrected chi connectivity index (χ4v) is 6.29. The lowest BCUT2D eigenvalue weighted by Crippen LogP contribution is -2.46.